The van der Waals surface area contributed by atoms with Crippen molar-refractivity contribution in [2.75, 3.05) is 5.32 Å². The number of hydrogen-bond acceptors (Lipinski definition) is 5. The molecule has 1 aliphatic rings. The van der Waals surface area contributed by atoms with Gasteiger partial charge in [-0.1, -0.05) is 49.1 Å². The van der Waals surface area contributed by atoms with Gasteiger partial charge in [-0.2, -0.15) is 0 Å². The SMILES string of the molecule is C=C/C=C\C(=C/N)c1cccc2c(-c3ccc(C(N)=O)c(NC4CCC(O)CC4)c3)nccc12. The third-order valence-electron chi connectivity index (χ3n) is 6.32. The highest BCUT2D eigenvalue weighted by Crippen LogP contribution is 2.34. The van der Waals surface area contributed by atoms with E-state index in [0.717, 1.165) is 58.8 Å². The van der Waals surface area contributed by atoms with Crippen molar-refractivity contribution >= 4 is 27.9 Å². The molecule has 1 saturated carbocycles. The van der Waals surface area contributed by atoms with Crippen molar-refractivity contribution in [1.29, 1.82) is 0 Å². The second-order valence-electron chi connectivity index (χ2n) is 8.55. The number of nitrogens with zero attached hydrogens (tertiary/aromatic N) is 1. The summed E-state index contributed by atoms with van der Waals surface area (Å²) in [5, 5.41) is 15.3. The van der Waals surface area contributed by atoms with Crippen LogP contribution in [0.3, 0.4) is 0 Å². The highest BCUT2D eigenvalue weighted by atomic mass is 16.3. The van der Waals surface area contributed by atoms with Crippen LogP contribution >= 0.6 is 0 Å². The van der Waals surface area contributed by atoms with Gasteiger partial charge in [0.1, 0.15) is 0 Å². The summed E-state index contributed by atoms with van der Waals surface area (Å²) in [6, 6.07) is 13.8. The molecule has 0 radical (unpaired) electrons. The van der Waals surface area contributed by atoms with E-state index in [4.69, 9.17) is 11.5 Å². The molecule has 1 aromatic heterocycles. The molecule has 6 nitrogen and oxygen atoms in total. The number of benzene rings is 2. The maximum atomic E-state index is 12.1. The summed E-state index contributed by atoms with van der Waals surface area (Å²) in [4.78, 5) is 16.8. The zero-order valence-corrected chi connectivity index (χ0v) is 19.1. The Labute approximate surface area is 199 Å². The van der Waals surface area contributed by atoms with Crippen molar-refractivity contribution in [3.8, 4) is 11.3 Å². The van der Waals surface area contributed by atoms with Crippen molar-refractivity contribution in [1.82, 2.24) is 4.98 Å². The summed E-state index contributed by atoms with van der Waals surface area (Å²) in [5.41, 5.74) is 16.3. The number of aromatic nitrogens is 1. The van der Waals surface area contributed by atoms with Crippen LogP contribution in [-0.4, -0.2) is 28.1 Å². The van der Waals surface area contributed by atoms with Crippen LogP contribution in [0.25, 0.3) is 27.6 Å². The first-order valence-electron chi connectivity index (χ1n) is 11.5. The first kappa shape index (κ1) is 23.3. The van der Waals surface area contributed by atoms with E-state index >= 15 is 0 Å². The van der Waals surface area contributed by atoms with Crippen molar-refractivity contribution in [2.24, 2.45) is 11.5 Å². The first-order chi connectivity index (χ1) is 16.5. The van der Waals surface area contributed by atoms with Gasteiger partial charge in [0.15, 0.2) is 0 Å². The number of nitrogens with two attached hydrogens (primary N) is 2. The first-order valence-corrected chi connectivity index (χ1v) is 11.5. The summed E-state index contributed by atoms with van der Waals surface area (Å²) >= 11 is 0. The van der Waals surface area contributed by atoms with E-state index in [9.17, 15) is 9.90 Å². The van der Waals surface area contributed by atoms with E-state index in [1.54, 1.807) is 24.5 Å². The molecule has 0 atom stereocenters. The van der Waals surface area contributed by atoms with Gasteiger partial charge in [0, 0.05) is 35.1 Å². The summed E-state index contributed by atoms with van der Waals surface area (Å²) in [6.07, 6.45) is 11.8. The monoisotopic (exact) mass is 454 g/mol. The van der Waals surface area contributed by atoms with Crippen LogP contribution in [0.4, 0.5) is 5.69 Å². The smallest absolute Gasteiger partial charge is 0.250 e. The summed E-state index contributed by atoms with van der Waals surface area (Å²) in [6.45, 7) is 3.73. The number of aliphatic hydroxyl groups is 1. The van der Waals surface area contributed by atoms with Gasteiger partial charge in [-0.05, 0) is 60.4 Å². The largest absolute Gasteiger partial charge is 0.404 e. The molecule has 174 valence electrons. The fraction of sp³-hybridized carbons (Fsp3) is 0.214. The van der Waals surface area contributed by atoms with Crippen molar-refractivity contribution in [2.45, 2.75) is 37.8 Å². The van der Waals surface area contributed by atoms with E-state index in [2.05, 4.69) is 16.9 Å². The Morgan fingerprint density at radius 1 is 1.09 bits per heavy atom. The number of rotatable bonds is 7. The number of pyridine rings is 1. The lowest BCUT2D eigenvalue weighted by atomic mass is 9.92. The standard InChI is InChI=1S/C28H30N4O2/c1-2-3-5-19(17-29)22-6-4-7-24-23(22)14-15-31-27(24)18-8-13-25(28(30)34)26(16-18)32-20-9-11-21(33)12-10-20/h2-8,13-17,20-21,32-33H,1,9-12,29H2,(H2,30,34)/b5-3-,19-17+. The van der Waals surface area contributed by atoms with Gasteiger partial charge in [-0.3, -0.25) is 9.78 Å². The molecule has 3 aromatic rings. The highest BCUT2D eigenvalue weighted by molar-refractivity contribution is 6.04. The molecule has 1 amide bonds. The third-order valence-corrected chi connectivity index (χ3v) is 6.32. The Morgan fingerprint density at radius 2 is 1.88 bits per heavy atom. The summed E-state index contributed by atoms with van der Waals surface area (Å²) in [5.74, 6) is -0.482. The van der Waals surface area contributed by atoms with Gasteiger partial charge < -0.3 is 21.9 Å². The summed E-state index contributed by atoms with van der Waals surface area (Å²) in [7, 11) is 0. The second-order valence-corrected chi connectivity index (χ2v) is 8.55. The number of carbonyl (C=O) groups excluding carboxylic acids is 1. The molecule has 4 rings (SSSR count). The molecule has 0 aliphatic heterocycles. The number of fused-ring (bicyclic) bond motifs is 1. The minimum atomic E-state index is -0.482. The average Bonchev–Trinajstić information content (AvgIpc) is 2.85. The Bertz CT molecular complexity index is 1270. The topological polar surface area (TPSA) is 114 Å². The highest BCUT2D eigenvalue weighted by Gasteiger charge is 2.21. The van der Waals surface area contributed by atoms with Crippen LogP contribution < -0.4 is 16.8 Å². The van der Waals surface area contributed by atoms with E-state index in [0.29, 0.717) is 11.3 Å². The minimum absolute atomic E-state index is 0.178. The lowest BCUT2D eigenvalue weighted by Gasteiger charge is -2.28. The Kier molecular flexibility index (Phi) is 7.09. The number of anilines is 1. The predicted octanol–water partition coefficient (Wildman–Crippen LogP) is 4.76. The van der Waals surface area contributed by atoms with Crippen LogP contribution in [0.5, 0.6) is 0 Å². The normalized spacial score (nSPS) is 18.8. The van der Waals surface area contributed by atoms with Gasteiger partial charge in [-0.15, -0.1) is 0 Å². The molecule has 1 heterocycles. The fourth-order valence-corrected chi connectivity index (χ4v) is 4.56. The average molecular weight is 455 g/mol. The third kappa shape index (κ3) is 4.87. The number of aliphatic hydroxyl groups excluding tert-OH is 1. The zero-order chi connectivity index (χ0) is 24.1. The van der Waals surface area contributed by atoms with Crippen LogP contribution in [0.15, 0.2) is 79.7 Å². The molecule has 2 aromatic carbocycles. The van der Waals surface area contributed by atoms with Gasteiger partial charge in [-0.25, -0.2) is 0 Å². The Hall–Kier alpha value is -3.90. The molecule has 34 heavy (non-hydrogen) atoms. The van der Waals surface area contributed by atoms with Crippen molar-refractivity contribution in [3.63, 3.8) is 0 Å². The van der Waals surface area contributed by atoms with E-state index in [-0.39, 0.29) is 12.1 Å². The van der Waals surface area contributed by atoms with E-state index in [1.807, 2.05) is 48.6 Å². The molecule has 0 bridgehead atoms. The second kappa shape index (κ2) is 10.4. The Balaban J connectivity index is 1.78. The molecule has 1 aliphatic carbocycles. The molecule has 0 spiro atoms. The molecule has 0 saturated heterocycles. The maximum absolute atomic E-state index is 12.1. The van der Waals surface area contributed by atoms with Gasteiger partial charge in [0.2, 0.25) is 0 Å². The van der Waals surface area contributed by atoms with Crippen LogP contribution in [0, 0.1) is 0 Å². The maximum Gasteiger partial charge on any atom is 0.250 e. The molecular weight excluding hydrogens is 424 g/mol. The number of hydrogen-bond donors (Lipinski definition) is 4. The van der Waals surface area contributed by atoms with Gasteiger partial charge in [0.25, 0.3) is 5.91 Å². The molecule has 6 N–H and O–H groups in total. The lowest BCUT2D eigenvalue weighted by Crippen LogP contribution is -2.29. The molecule has 0 unspecified atom stereocenters. The van der Waals surface area contributed by atoms with Crippen molar-refractivity contribution < 1.29 is 9.90 Å². The number of carbonyl (C=O) groups is 1. The van der Waals surface area contributed by atoms with E-state index in [1.165, 1.54) is 0 Å². The minimum Gasteiger partial charge on any atom is -0.404 e. The lowest BCUT2D eigenvalue weighted by molar-refractivity contribution is 0.100. The van der Waals surface area contributed by atoms with Gasteiger partial charge in [0.05, 0.1) is 17.4 Å². The summed E-state index contributed by atoms with van der Waals surface area (Å²) < 4.78 is 0. The number of nitrogens with one attached hydrogen (secondary N) is 1. The van der Waals surface area contributed by atoms with Gasteiger partial charge >= 0.3 is 0 Å². The molecular formula is C28H30N4O2. The van der Waals surface area contributed by atoms with Crippen molar-refractivity contribution in [3.05, 3.63) is 90.8 Å². The zero-order valence-electron chi connectivity index (χ0n) is 19.1. The quantitative estimate of drug-likeness (QED) is 0.384. The number of amides is 1. The fourth-order valence-electron chi connectivity index (χ4n) is 4.56. The van der Waals surface area contributed by atoms with Crippen LogP contribution in [-0.2, 0) is 0 Å². The van der Waals surface area contributed by atoms with E-state index < -0.39 is 5.91 Å². The van der Waals surface area contributed by atoms with Crippen LogP contribution in [0.2, 0.25) is 0 Å². The Morgan fingerprint density at radius 3 is 2.59 bits per heavy atom. The number of allylic oxidation sites excluding steroid dienone is 4. The molecule has 1 fully saturated rings. The van der Waals surface area contributed by atoms with Crippen LogP contribution in [0.1, 0.15) is 41.6 Å². The molecule has 6 heteroatoms. The predicted molar refractivity (Wildman–Crippen MR) is 139 cm³/mol. The number of primary amides is 1.